The first-order valence-electron chi connectivity index (χ1n) is 2.43. The van der Waals surface area contributed by atoms with Crippen LogP contribution >= 0.6 is 0 Å². The predicted molar refractivity (Wildman–Crippen MR) is 32.0 cm³/mol. The zero-order valence-corrected chi connectivity index (χ0v) is 4.88. The molecule has 0 saturated carbocycles. The molecule has 0 aromatic carbocycles. The second-order valence-corrected chi connectivity index (χ2v) is 1.45. The number of nitrogens with zero attached hydrogens (tertiary/aromatic N) is 5. The van der Waals surface area contributed by atoms with Crippen LogP contribution in [-0.2, 0) is 0 Å². The summed E-state index contributed by atoms with van der Waals surface area (Å²) in [5.41, 5.74) is 7.92. The van der Waals surface area contributed by atoms with Gasteiger partial charge in [-0.1, -0.05) is 0 Å². The fourth-order valence-electron chi connectivity index (χ4n) is 0.458. The van der Waals surface area contributed by atoms with Gasteiger partial charge in [0, 0.05) is 5.53 Å². The minimum atomic E-state index is -0.0509. The van der Waals surface area contributed by atoms with Crippen molar-refractivity contribution in [1.82, 2.24) is 4.98 Å². The van der Waals surface area contributed by atoms with Crippen molar-refractivity contribution < 1.29 is 4.73 Å². The van der Waals surface area contributed by atoms with E-state index < -0.39 is 0 Å². The van der Waals surface area contributed by atoms with Gasteiger partial charge >= 0.3 is 10.9 Å². The SMILES string of the molecule is [N-]=[N+]=Nc1cncc[n+]1[O-]. The van der Waals surface area contributed by atoms with Gasteiger partial charge in [-0.15, -0.1) is 0 Å². The van der Waals surface area contributed by atoms with Gasteiger partial charge in [-0.3, -0.25) is 4.98 Å². The fraction of sp³-hybridized carbons (Fsp3) is 0. The van der Waals surface area contributed by atoms with Crippen molar-refractivity contribution >= 4 is 5.82 Å². The topological polar surface area (TPSA) is 88.6 Å². The normalized spacial score (nSPS) is 8.40. The van der Waals surface area contributed by atoms with Crippen molar-refractivity contribution in [1.29, 1.82) is 0 Å². The van der Waals surface area contributed by atoms with Gasteiger partial charge in [-0.05, 0) is 0 Å². The standard InChI is InChI=1S/C4H3N5O/c5-8-7-4-3-6-1-2-9(4)10/h1-3H. The first-order chi connectivity index (χ1) is 4.84. The van der Waals surface area contributed by atoms with E-state index in [-0.39, 0.29) is 5.82 Å². The summed E-state index contributed by atoms with van der Waals surface area (Å²) < 4.78 is 0.437. The molecule has 0 aliphatic heterocycles. The van der Waals surface area contributed by atoms with Crippen LogP contribution in [0.25, 0.3) is 10.4 Å². The molecule has 0 fully saturated rings. The number of rotatable bonds is 1. The molecule has 0 unspecified atom stereocenters. The molecule has 0 spiro atoms. The second-order valence-electron chi connectivity index (χ2n) is 1.45. The quantitative estimate of drug-likeness (QED) is 0.187. The lowest BCUT2D eigenvalue weighted by Crippen LogP contribution is -2.24. The van der Waals surface area contributed by atoms with E-state index in [4.69, 9.17) is 5.53 Å². The smallest absolute Gasteiger partial charge is 0.437 e. The average molecular weight is 137 g/mol. The molecule has 6 nitrogen and oxygen atoms in total. The molecule has 0 aliphatic carbocycles. The maximum absolute atomic E-state index is 10.6. The van der Waals surface area contributed by atoms with Crippen LogP contribution in [-0.4, -0.2) is 4.98 Å². The molecule has 1 aromatic heterocycles. The Morgan fingerprint density at radius 3 is 3.20 bits per heavy atom. The molecular formula is C4H3N5O. The van der Waals surface area contributed by atoms with Crippen molar-refractivity contribution in [3.05, 3.63) is 34.2 Å². The molecule has 0 atom stereocenters. The van der Waals surface area contributed by atoms with Gasteiger partial charge in [-0.25, -0.2) is 4.73 Å². The molecule has 0 N–H and O–H groups in total. The van der Waals surface area contributed by atoms with E-state index in [1.165, 1.54) is 12.4 Å². The Kier molecular flexibility index (Phi) is 1.67. The van der Waals surface area contributed by atoms with Crippen LogP contribution in [0.4, 0.5) is 5.82 Å². The maximum atomic E-state index is 10.6. The van der Waals surface area contributed by atoms with E-state index in [0.717, 1.165) is 6.20 Å². The van der Waals surface area contributed by atoms with Gasteiger partial charge in [0.1, 0.15) is 12.4 Å². The predicted octanol–water partition coefficient (Wildman–Crippen LogP) is 0.657. The highest BCUT2D eigenvalue weighted by atomic mass is 16.5. The molecular weight excluding hydrogens is 134 g/mol. The van der Waals surface area contributed by atoms with E-state index in [1.54, 1.807) is 0 Å². The Bertz CT molecular complexity index is 279. The summed E-state index contributed by atoms with van der Waals surface area (Å²) in [6.07, 6.45) is 3.65. The molecule has 0 radical (unpaired) electrons. The van der Waals surface area contributed by atoms with Crippen LogP contribution in [0.5, 0.6) is 0 Å². The Morgan fingerprint density at radius 1 is 1.80 bits per heavy atom. The zero-order valence-electron chi connectivity index (χ0n) is 4.88. The van der Waals surface area contributed by atoms with Gasteiger partial charge < -0.3 is 5.21 Å². The van der Waals surface area contributed by atoms with Crippen LogP contribution in [0.3, 0.4) is 0 Å². The summed E-state index contributed by atoms with van der Waals surface area (Å²) in [6, 6.07) is 0. The Balaban J connectivity index is 3.14. The largest absolute Gasteiger partial charge is 0.710 e. The van der Waals surface area contributed by atoms with Gasteiger partial charge in [-0.2, -0.15) is 0 Å². The zero-order chi connectivity index (χ0) is 7.40. The van der Waals surface area contributed by atoms with Crippen LogP contribution < -0.4 is 4.73 Å². The van der Waals surface area contributed by atoms with Gasteiger partial charge in [0.15, 0.2) is 0 Å². The fourth-order valence-corrected chi connectivity index (χ4v) is 0.458. The van der Waals surface area contributed by atoms with E-state index in [0.29, 0.717) is 4.73 Å². The Morgan fingerprint density at radius 2 is 2.60 bits per heavy atom. The minimum absolute atomic E-state index is 0.0509. The Labute approximate surface area is 56.0 Å². The third kappa shape index (κ3) is 1.12. The molecule has 50 valence electrons. The third-order valence-electron chi connectivity index (χ3n) is 0.851. The van der Waals surface area contributed by atoms with Crippen LogP contribution in [0.1, 0.15) is 0 Å². The highest BCUT2D eigenvalue weighted by Crippen LogP contribution is 1.98. The number of aromatic nitrogens is 2. The molecule has 0 amide bonds. The minimum Gasteiger partial charge on any atom is -0.710 e. The van der Waals surface area contributed by atoms with Crippen LogP contribution in [0, 0.1) is 5.21 Å². The van der Waals surface area contributed by atoms with Crippen LogP contribution in [0.15, 0.2) is 23.7 Å². The van der Waals surface area contributed by atoms with E-state index in [9.17, 15) is 5.21 Å². The average Bonchev–Trinajstić information content (AvgIpc) is 1.94. The Hall–Kier alpha value is -1.81. The lowest BCUT2D eigenvalue weighted by atomic mass is 10.7. The van der Waals surface area contributed by atoms with Crippen molar-refractivity contribution in [3.63, 3.8) is 0 Å². The third-order valence-corrected chi connectivity index (χ3v) is 0.851. The monoisotopic (exact) mass is 137 g/mol. The first kappa shape index (κ1) is 6.31. The number of hydrogen-bond donors (Lipinski definition) is 0. The molecule has 1 heterocycles. The summed E-state index contributed by atoms with van der Waals surface area (Å²) in [4.78, 5) is 6.01. The molecule has 0 saturated heterocycles. The van der Waals surface area contributed by atoms with Gasteiger partial charge in [0.05, 0.1) is 6.20 Å². The van der Waals surface area contributed by atoms with Crippen molar-refractivity contribution in [2.45, 2.75) is 0 Å². The summed E-state index contributed by atoms with van der Waals surface area (Å²) in [7, 11) is 0. The van der Waals surface area contributed by atoms with E-state index in [2.05, 4.69) is 15.0 Å². The molecule has 0 aliphatic rings. The van der Waals surface area contributed by atoms with Crippen molar-refractivity contribution in [2.75, 3.05) is 0 Å². The van der Waals surface area contributed by atoms with E-state index >= 15 is 0 Å². The first-order valence-corrected chi connectivity index (χ1v) is 2.43. The summed E-state index contributed by atoms with van der Waals surface area (Å²) in [5, 5.41) is 13.7. The molecule has 10 heavy (non-hydrogen) atoms. The maximum Gasteiger partial charge on any atom is 0.437 e. The molecule has 0 bridgehead atoms. The molecule has 1 rings (SSSR count). The lowest BCUT2D eigenvalue weighted by molar-refractivity contribution is -0.592. The van der Waals surface area contributed by atoms with Gasteiger partial charge in [0.25, 0.3) is 0 Å². The lowest BCUT2D eigenvalue weighted by Gasteiger charge is -1.95. The van der Waals surface area contributed by atoms with Gasteiger partial charge in [0.2, 0.25) is 4.91 Å². The highest BCUT2D eigenvalue weighted by Gasteiger charge is 2.07. The number of azide groups is 1. The van der Waals surface area contributed by atoms with Crippen molar-refractivity contribution in [2.24, 2.45) is 5.11 Å². The van der Waals surface area contributed by atoms with Crippen molar-refractivity contribution in [3.8, 4) is 0 Å². The molecule has 1 aromatic rings. The summed E-state index contributed by atoms with van der Waals surface area (Å²) in [5.74, 6) is -0.0509. The highest BCUT2D eigenvalue weighted by molar-refractivity contribution is 5.12. The second kappa shape index (κ2) is 2.65. The molecule has 6 heteroatoms. The summed E-state index contributed by atoms with van der Waals surface area (Å²) >= 11 is 0. The summed E-state index contributed by atoms with van der Waals surface area (Å²) in [6.45, 7) is 0. The van der Waals surface area contributed by atoms with E-state index in [1.807, 2.05) is 0 Å². The van der Waals surface area contributed by atoms with Crippen LogP contribution in [0.2, 0.25) is 0 Å². The number of hydrogen-bond acceptors (Lipinski definition) is 3.